The second-order valence-electron chi connectivity index (χ2n) is 3.33. The number of nitrogens with zero attached hydrogens (tertiary/aromatic N) is 2. The smallest absolute Gasteiger partial charge is 0.143 e. The SMILES string of the molecule is [c]1nn[nH]c1-c1cccc2ccccc12. The number of aromatic amines is 1. The molecule has 1 radical (unpaired) electrons. The number of rotatable bonds is 1. The van der Waals surface area contributed by atoms with Crippen molar-refractivity contribution in [2.75, 3.05) is 0 Å². The minimum Gasteiger partial charge on any atom is -0.257 e. The number of H-pyrrole nitrogens is 1. The lowest BCUT2D eigenvalue weighted by Gasteiger charge is -2.02. The van der Waals surface area contributed by atoms with Gasteiger partial charge < -0.3 is 0 Å². The van der Waals surface area contributed by atoms with Crippen molar-refractivity contribution in [3.8, 4) is 11.3 Å². The van der Waals surface area contributed by atoms with E-state index < -0.39 is 0 Å². The highest BCUT2D eigenvalue weighted by atomic mass is 15.3. The van der Waals surface area contributed by atoms with Gasteiger partial charge in [-0.2, -0.15) is 0 Å². The Labute approximate surface area is 86.8 Å². The number of hydrogen-bond acceptors (Lipinski definition) is 2. The Kier molecular flexibility index (Phi) is 1.75. The van der Waals surface area contributed by atoms with Crippen molar-refractivity contribution in [3.63, 3.8) is 0 Å². The van der Waals surface area contributed by atoms with Crippen molar-refractivity contribution in [2.45, 2.75) is 0 Å². The van der Waals surface area contributed by atoms with Gasteiger partial charge in [0.05, 0.1) is 5.69 Å². The zero-order valence-corrected chi connectivity index (χ0v) is 7.94. The molecule has 2 aromatic carbocycles. The van der Waals surface area contributed by atoms with Gasteiger partial charge in [-0.05, 0) is 10.8 Å². The zero-order chi connectivity index (χ0) is 10.1. The predicted octanol–water partition coefficient (Wildman–Crippen LogP) is 2.43. The molecule has 0 aliphatic rings. The predicted molar refractivity (Wildman–Crippen MR) is 58.2 cm³/mol. The summed E-state index contributed by atoms with van der Waals surface area (Å²) < 4.78 is 0. The van der Waals surface area contributed by atoms with Crippen LogP contribution in [0.15, 0.2) is 42.5 Å². The highest BCUT2D eigenvalue weighted by Gasteiger charge is 2.04. The van der Waals surface area contributed by atoms with Crippen LogP contribution in [0.4, 0.5) is 0 Å². The van der Waals surface area contributed by atoms with E-state index >= 15 is 0 Å². The normalized spacial score (nSPS) is 10.7. The Hall–Kier alpha value is -2.16. The van der Waals surface area contributed by atoms with Crippen molar-refractivity contribution >= 4 is 10.8 Å². The monoisotopic (exact) mass is 194 g/mol. The number of benzene rings is 2. The summed E-state index contributed by atoms with van der Waals surface area (Å²) in [5, 5.41) is 12.6. The Morgan fingerprint density at radius 1 is 1.00 bits per heavy atom. The Bertz CT molecular complexity index is 579. The Morgan fingerprint density at radius 3 is 2.73 bits per heavy atom. The number of hydrogen-bond donors (Lipinski definition) is 1. The molecule has 0 atom stereocenters. The molecule has 0 bridgehead atoms. The van der Waals surface area contributed by atoms with E-state index in [0.29, 0.717) is 0 Å². The van der Waals surface area contributed by atoms with Crippen molar-refractivity contribution in [1.29, 1.82) is 0 Å². The summed E-state index contributed by atoms with van der Waals surface area (Å²) in [5.41, 5.74) is 1.91. The average Bonchev–Trinajstić information content (AvgIpc) is 2.82. The standard InChI is InChI=1S/C12H8N3/c1-2-6-10-9(4-1)5-3-7-11(10)12-8-13-15-14-12/h1-7H,(H,13,14,15). The molecule has 3 heteroatoms. The van der Waals surface area contributed by atoms with Crippen molar-refractivity contribution < 1.29 is 0 Å². The third-order valence-corrected chi connectivity index (χ3v) is 2.43. The second-order valence-corrected chi connectivity index (χ2v) is 3.33. The van der Waals surface area contributed by atoms with E-state index in [0.717, 1.165) is 11.3 Å². The summed E-state index contributed by atoms with van der Waals surface area (Å²) >= 11 is 0. The van der Waals surface area contributed by atoms with E-state index in [1.165, 1.54) is 10.8 Å². The molecule has 3 nitrogen and oxygen atoms in total. The Morgan fingerprint density at radius 2 is 1.87 bits per heavy atom. The molecule has 0 aliphatic carbocycles. The second kappa shape index (κ2) is 3.20. The summed E-state index contributed by atoms with van der Waals surface area (Å²) in [5.74, 6) is 0. The van der Waals surface area contributed by atoms with Crippen LogP contribution in [0.25, 0.3) is 22.0 Å². The molecule has 1 heterocycles. The van der Waals surface area contributed by atoms with Crippen LogP contribution in [0.1, 0.15) is 0 Å². The molecule has 0 unspecified atom stereocenters. The third-order valence-electron chi connectivity index (χ3n) is 2.43. The maximum absolute atomic E-state index is 3.67. The average molecular weight is 194 g/mol. The topological polar surface area (TPSA) is 41.6 Å². The lowest BCUT2D eigenvalue weighted by molar-refractivity contribution is 0.940. The molecule has 3 aromatic rings. The largest absolute Gasteiger partial charge is 0.257 e. The van der Waals surface area contributed by atoms with Crippen LogP contribution in [0.2, 0.25) is 0 Å². The number of nitrogens with one attached hydrogen (secondary N) is 1. The molecule has 1 N–H and O–H groups in total. The van der Waals surface area contributed by atoms with E-state index in [2.05, 4.69) is 39.8 Å². The van der Waals surface area contributed by atoms with Gasteiger partial charge in [0.2, 0.25) is 0 Å². The van der Waals surface area contributed by atoms with E-state index in [9.17, 15) is 0 Å². The van der Waals surface area contributed by atoms with Crippen LogP contribution < -0.4 is 0 Å². The van der Waals surface area contributed by atoms with Crippen molar-refractivity contribution in [1.82, 2.24) is 15.4 Å². The van der Waals surface area contributed by atoms with Gasteiger partial charge in [-0.15, -0.1) is 5.10 Å². The number of fused-ring (bicyclic) bond motifs is 1. The van der Waals surface area contributed by atoms with Crippen LogP contribution in [-0.4, -0.2) is 15.4 Å². The van der Waals surface area contributed by atoms with Gasteiger partial charge in [-0.25, -0.2) is 0 Å². The summed E-state index contributed by atoms with van der Waals surface area (Å²) in [6.45, 7) is 0. The minimum atomic E-state index is 0.826. The van der Waals surface area contributed by atoms with Gasteiger partial charge in [-0.1, -0.05) is 47.7 Å². The van der Waals surface area contributed by atoms with Gasteiger partial charge >= 0.3 is 0 Å². The fraction of sp³-hybridized carbons (Fsp3) is 0. The van der Waals surface area contributed by atoms with Crippen molar-refractivity contribution in [2.24, 2.45) is 0 Å². The maximum atomic E-state index is 3.67. The molecular weight excluding hydrogens is 186 g/mol. The summed E-state index contributed by atoms with van der Waals surface area (Å²) in [4.78, 5) is 0. The third kappa shape index (κ3) is 1.29. The van der Waals surface area contributed by atoms with Crippen LogP contribution in [0.3, 0.4) is 0 Å². The quantitative estimate of drug-likeness (QED) is 0.646. The lowest BCUT2D eigenvalue weighted by Crippen LogP contribution is -1.81. The summed E-state index contributed by atoms with van der Waals surface area (Å²) in [6.07, 6.45) is 2.83. The molecule has 0 saturated heterocycles. The van der Waals surface area contributed by atoms with Gasteiger partial charge in [0.1, 0.15) is 6.20 Å². The first-order valence-corrected chi connectivity index (χ1v) is 4.72. The molecule has 71 valence electrons. The van der Waals surface area contributed by atoms with Crippen LogP contribution in [-0.2, 0) is 0 Å². The molecular formula is C12H8N3. The van der Waals surface area contributed by atoms with Gasteiger partial charge in [0, 0.05) is 5.56 Å². The van der Waals surface area contributed by atoms with Gasteiger partial charge in [0.15, 0.2) is 0 Å². The Balaban J connectivity index is 2.36. The summed E-state index contributed by atoms with van der Waals surface area (Å²) in [6, 6.07) is 14.4. The molecule has 0 fully saturated rings. The molecule has 0 amide bonds. The first-order valence-electron chi connectivity index (χ1n) is 4.72. The van der Waals surface area contributed by atoms with Crippen LogP contribution in [0.5, 0.6) is 0 Å². The first kappa shape index (κ1) is 8.17. The first-order chi connectivity index (χ1) is 7.45. The molecule has 1 aromatic heterocycles. The van der Waals surface area contributed by atoms with E-state index in [-0.39, 0.29) is 0 Å². The molecule has 0 saturated carbocycles. The van der Waals surface area contributed by atoms with E-state index in [1.54, 1.807) is 0 Å². The molecule has 0 aliphatic heterocycles. The van der Waals surface area contributed by atoms with E-state index in [4.69, 9.17) is 0 Å². The van der Waals surface area contributed by atoms with Gasteiger partial charge in [0.25, 0.3) is 0 Å². The number of aromatic nitrogens is 3. The van der Waals surface area contributed by atoms with Gasteiger partial charge in [-0.3, -0.25) is 5.10 Å². The molecule has 3 rings (SSSR count). The molecule has 0 spiro atoms. The highest BCUT2D eigenvalue weighted by Crippen LogP contribution is 2.25. The molecule has 15 heavy (non-hydrogen) atoms. The van der Waals surface area contributed by atoms with Crippen molar-refractivity contribution in [3.05, 3.63) is 48.7 Å². The zero-order valence-electron chi connectivity index (χ0n) is 7.94. The highest BCUT2D eigenvalue weighted by molar-refractivity contribution is 5.95. The van der Waals surface area contributed by atoms with Crippen LogP contribution >= 0.6 is 0 Å². The van der Waals surface area contributed by atoms with E-state index in [1.807, 2.05) is 24.3 Å². The fourth-order valence-corrected chi connectivity index (χ4v) is 1.74. The fourth-order valence-electron chi connectivity index (χ4n) is 1.74. The lowest BCUT2D eigenvalue weighted by atomic mass is 10.0. The maximum Gasteiger partial charge on any atom is 0.143 e. The minimum absolute atomic E-state index is 0.826. The van der Waals surface area contributed by atoms with Crippen LogP contribution in [0, 0.1) is 6.20 Å². The summed E-state index contributed by atoms with van der Waals surface area (Å²) in [7, 11) is 0.